The van der Waals surface area contributed by atoms with Crippen LogP contribution < -0.4 is 5.11 Å². The van der Waals surface area contributed by atoms with Gasteiger partial charge in [-0.3, -0.25) is 4.79 Å². The maximum Gasteiger partial charge on any atom is 0.209 e. The highest BCUT2D eigenvalue weighted by Crippen LogP contribution is 2.42. The lowest BCUT2D eigenvalue weighted by atomic mass is 9.78. The number of ketones is 1. The topological polar surface area (TPSA) is 52.4 Å². The van der Waals surface area contributed by atoms with E-state index in [-0.39, 0.29) is 38.9 Å². The second kappa shape index (κ2) is 7.69. The summed E-state index contributed by atoms with van der Waals surface area (Å²) in [7, 11) is 1.99. The average molecular weight is 458 g/mol. The standard InChI is InChI=1S/C30H35NO3/c1-28(2,3)24-15-18(16-25(34-24)29(4,5)6)14-19-26(32)20(27(19)33)17-23-30(7,8)21-12-10-11-13-22(21)31(23)9/h10-17H,1-9H3. The van der Waals surface area contributed by atoms with Gasteiger partial charge in [0.25, 0.3) is 0 Å². The third-order valence-corrected chi connectivity index (χ3v) is 6.80. The first-order valence-electron chi connectivity index (χ1n) is 11.8. The van der Waals surface area contributed by atoms with E-state index in [1.54, 1.807) is 12.2 Å². The Morgan fingerprint density at radius 3 is 2.00 bits per heavy atom. The lowest BCUT2D eigenvalue weighted by Crippen LogP contribution is -2.33. The van der Waals surface area contributed by atoms with Crippen molar-refractivity contribution >= 4 is 17.2 Å². The second-order valence-corrected chi connectivity index (χ2v) is 12.0. The van der Waals surface area contributed by atoms with E-state index >= 15 is 0 Å². The van der Waals surface area contributed by atoms with Crippen molar-refractivity contribution in [1.82, 2.24) is 0 Å². The van der Waals surface area contributed by atoms with Crippen LogP contribution in [0.4, 0.5) is 5.69 Å². The van der Waals surface area contributed by atoms with Crippen LogP contribution >= 0.6 is 0 Å². The van der Waals surface area contributed by atoms with Gasteiger partial charge >= 0.3 is 0 Å². The Morgan fingerprint density at radius 2 is 1.50 bits per heavy atom. The van der Waals surface area contributed by atoms with Crippen LogP contribution in [0.3, 0.4) is 0 Å². The van der Waals surface area contributed by atoms with Crippen molar-refractivity contribution in [3.63, 3.8) is 0 Å². The molecule has 3 aliphatic rings. The predicted molar refractivity (Wildman–Crippen MR) is 135 cm³/mol. The number of para-hydroxylation sites is 1. The maximum atomic E-state index is 13.1. The summed E-state index contributed by atoms with van der Waals surface area (Å²) in [6, 6.07) is 8.20. The van der Waals surface area contributed by atoms with E-state index in [2.05, 4.69) is 72.1 Å². The van der Waals surface area contributed by atoms with Crippen LogP contribution in [-0.4, -0.2) is 23.1 Å². The van der Waals surface area contributed by atoms with Crippen molar-refractivity contribution in [2.75, 3.05) is 7.05 Å². The molecule has 0 aromatic heterocycles. The largest absolute Gasteiger partial charge is 0.871 e. The molecule has 4 heteroatoms. The second-order valence-electron chi connectivity index (χ2n) is 12.0. The zero-order valence-electron chi connectivity index (χ0n) is 21.8. The van der Waals surface area contributed by atoms with Crippen molar-refractivity contribution in [3.05, 3.63) is 88.1 Å². The molecule has 178 valence electrons. The molecule has 0 saturated heterocycles. The molecule has 1 aliphatic carbocycles. The highest BCUT2D eigenvalue weighted by molar-refractivity contribution is 6.24. The van der Waals surface area contributed by atoms with Gasteiger partial charge in [0.1, 0.15) is 18.6 Å². The van der Waals surface area contributed by atoms with Gasteiger partial charge in [0.15, 0.2) is 11.5 Å². The third kappa shape index (κ3) is 3.89. The van der Waals surface area contributed by atoms with Crippen molar-refractivity contribution < 1.29 is 19.2 Å². The van der Waals surface area contributed by atoms with Gasteiger partial charge in [0, 0.05) is 39.7 Å². The Kier molecular flexibility index (Phi) is 5.43. The van der Waals surface area contributed by atoms with E-state index in [0.29, 0.717) is 0 Å². The number of ether oxygens (including phenoxy) is 1. The molecule has 2 aliphatic heterocycles. The van der Waals surface area contributed by atoms with Crippen molar-refractivity contribution in [3.8, 4) is 0 Å². The van der Waals surface area contributed by atoms with Gasteiger partial charge in [0.05, 0.1) is 5.41 Å². The minimum absolute atomic E-state index is 0.197. The summed E-state index contributed by atoms with van der Waals surface area (Å²) in [5, 5.41) is 13.1. The van der Waals surface area contributed by atoms with Gasteiger partial charge in [-0.2, -0.15) is 4.58 Å². The number of fused-ring (bicyclic) bond motifs is 1. The monoisotopic (exact) mass is 457 g/mol. The Hall–Kier alpha value is -3.14. The van der Waals surface area contributed by atoms with Crippen LogP contribution in [0.5, 0.6) is 0 Å². The molecule has 0 bridgehead atoms. The molecule has 0 fully saturated rings. The summed E-state index contributed by atoms with van der Waals surface area (Å²) in [6.07, 6.45) is 7.36. The number of benzene rings is 1. The number of carbonyl (C=O) groups is 1. The molecule has 34 heavy (non-hydrogen) atoms. The van der Waals surface area contributed by atoms with E-state index in [1.165, 1.54) is 5.56 Å². The third-order valence-electron chi connectivity index (χ3n) is 6.80. The zero-order chi connectivity index (χ0) is 25.2. The molecule has 1 aromatic carbocycles. The molecule has 4 nitrogen and oxygen atoms in total. The fraction of sp³-hybridized carbons (Fsp3) is 0.400. The fourth-order valence-corrected chi connectivity index (χ4v) is 4.60. The van der Waals surface area contributed by atoms with E-state index < -0.39 is 0 Å². The van der Waals surface area contributed by atoms with Gasteiger partial charge in [-0.1, -0.05) is 65.5 Å². The van der Waals surface area contributed by atoms with Crippen molar-refractivity contribution in [2.45, 2.75) is 60.8 Å². The molecular weight excluding hydrogens is 422 g/mol. The Labute approximate surface area is 203 Å². The van der Waals surface area contributed by atoms with Gasteiger partial charge in [-0.05, 0) is 37.6 Å². The highest BCUT2D eigenvalue weighted by atomic mass is 16.5. The first kappa shape index (κ1) is 24.0. The minimum atomic E-state index is -0.289. The number of hydrogen-bond donors (Lipinski definition) is 0. The number of Topliss-reactive ketones (excluding diaryl/α,β-unsaturated/α-hetero) is 1. The summed E-state index contributed by atoms with van der Waals surface area (Å²) < 4.78 is 8.27. The average Bonchev–Trinajstić information content (AvgIpc) is 2.94. The Balaban J connectivity index is 1.75. The van der Waals surface area contributed by atoms with E-state index in [9.17, 15) is 9.90 Å². The quantitative estimate of drug-likeness (QED) is 0.427. The van der Waals surface area contributed by atoms with Crippen LogP contribution in [0, 0.1) is 10.8 Å². The number of nitrogens with zero attached hydrogens (tertiary/aromatic N) is 1. The van der Waals surface area contributed by atoms with Gasteiger partial charge in [0.2, 0.25) is 5.69 Å². The molecule has 4 rings (SSSR count). The zero-order valence-corrected chi connectivity index (χ0v) is 21.8. The minimum Gasteiger partial charge on any atom is -0.871 e. The summed E-state index contributed by atoms with van der Waals surface area (Å²) in [5.74, 6) is 1.25. The molecule has 0 spiro atoms. The predicted octanol–water partition coefficient (Wildman–Crippen LogP) is 5.63. The maximum absolute atomic E-state index is 13.1. The summed E-state index contributed by atoms with van der Waals surface area (Å²) in [5.41, 5.74) is 3.86. The van der Waals surface area contributed by atoms with Crippen molar-refractivity contribution in [2.24, 2.45) is 10.8 Å². The summed E-state index contributed by atoms with van der Waals surface area (Å²) >= 11 is 0. The first-order valence-corrected chi connectivity index (χ1v) is 11.8. The van der Waals surface area contributed by atoms with Gasteiger partial charge < -0.3 is 9.84 Å². The molecule has 0 N–H and O–H groups in total. The smallest absolute Gasteiger partial charge is 0.209 e. The first-order chi connectivity index (χ1) is 15.6. The molecular formula is C30H35NO3. The highest BCUT2D eigenvalue weighted by Gasteiger charge is 2.44. The number of hydrogen-bond acceptors (Lipinski definition) is 3. The van der Waals surface area contributed by atoms with Crippen LogP contribution in [0.2, 0.25) is 0 Å². The van der Waals surface area contributed by atoms with Gasteiger partial charge in [-0.25, -0.2) is 0 Å². The van der Waals surface area contributed by atoms with Crippen LogP contribution in [0.25, 0.3) is 0 Å². The van der Waals surface area contributed by atoms with Crippen LogP contribution in [-0.2, 0) is 14.9 Å². The van der Waals surface area contributed by atoms with Crippen LogP contribution in [0.1, 0.15) is 61.0 Å². The van der Waals surface area contributed by atoms with Crippen LogP contribution in [0.15, 0.2) is 82.6 Å². The number of rotatable bonds is 2. The SMILES string of the molecule is C[N+]1=C(C=C2C(=O)C(C=C3C=C(C(C)(C)C)OC(C(C)(C)C)=C3)=C2[O-])C(C)(C)c2ccccc21. The number of allylic oxidation sites excluding steroid dienone is 9. The van der Waals surface area contributed by atoms with Crippen molar-refractivity contribution in [1.29, 1.82) is 0 Å². The number of carbonyl (C=O) groups excluding carboxylic acids is 1. The van der Waals surface area contributed by atoms with Gasteiger partial charge in [-0.15, -0.1) is 0 Å². The lowest BCUT2D eigenvalue weighted by Gasteiger charge is -2.33. The summed E-state index contributed by atoms with van der Waals surface area (Å²) in [6.45, 7) is 16.8. The Bertz CT molecular complexity index is 1250. The van der Waals surface area contributed by atoms with E-state index in [4.69, 9.17) is 4.74 Å². The molecule has 1 aromatic rings. The Morgan fingerprint density at radius 1 is 0.941 bits per heavy atom. The molecule has 0 saturated carbocycles. The lowest BCUT2D eigenvalue weighted by molar-refractivity contribution is -0.401. The molecule has 0 radical (unpaired) electrons. The summed E-state index contributed by atoms with van der Waals surface area (Å²) in [4.78, 5) is 13.1. The molecule has 0 unspecified atom stereocenters. The van der Waals surface area contributed by atoms with E-state index in [0.717, 1.165) is 28.5 Å². The van der Waals surface area contributed by atoms with E-state index in [1.807, 2.05) is 31.3 Å². The molecule has 0 amide bonds. The fourth-order valence-electron chi connectivity index (χ4n) is 4.60. The normalized spacial score (nSPS) is 21.3. The molecule has 2 heterocycles. The molecule has 0 atom stereocenters.